The molecule has 0 aliphatic heterocycles. The second kappa shape index (κ2) is 3.17. The molecule has 1 nitrogen and oxygen atoms in total. The number of carbonyl (C=O) groups excluding carboxylic acids is 1. The van der Waals surface area contributed by atoms with Crippen LogP contribution in [-0.4, -0.2) is 6.29 Å². The molecule has 0 aliphatic rings. The predicted molar refractivity (Wildman–Crippen MR) is 43.8 cm³/mol. The van der Waals surface area contributed by atoms with Crippen molar-refractivity contribution in [3.8, 4) is 0 Å². The van der Waals surface area contributed by atoms with E-state index in [-0.39, 0.29) is 5.92 Å². The van der Waals surface area contributed by atoms with Crippen LogP contribution in [0.25, 0.3) is 0 Å². The van der Waals surface area contributed by atoms with Gasteiger partial charge in [-0.3, -0.25) is 0 Å². The van der Waals surface area contributed by atoms with Crippen LogP contribution in [0, 0.1) is 0 Å². The maximum Gasteiger partial charge on any atom is 0.128 e. The maximum atomic E-state index is 10.3. The van der Waals surface area contributed by atoms with Crippen molar-refractivity contribution in [2.75, 3.05) is 0 Å². The first kappa shape index (κ1) is 7.76. The summed E-state index contributed by atoms with van der Waals surface area (Å²) in [4.78, 5) is 11.3. The summed E-state index contributed by atoms with van der Waals surface area (Å²) < 4.78 is 0. The summed E-state index contributed by atoms with van der Waals surface area (Å²) in [7, 11) is 0. The summed E-state index contributed by atoms with van der Waals surface area (Å²) in [5, 5.41) is 2.59. The molecule has 0 N–H and O–H groups in total. The van der Waals surface area contributed by atoms with Crippen LogP contribution in [0.4, 0.5) is 0 Å². The van der Waals surface area contributed by atoms with Crippen molar-refractivity contribution in [3.63, 3.8) is 0 Å². The number of rotatable bonds is 2. The highest BCUT2D eigenvalue weighted by molar-refractivity contribution is 7.10. The Bertz CT molecular complexity index is 231. The van der Waals surface area contributed by atoms with E-state index < -0.39 is 0 Å². The molecular weight excluding hydrogens is 168 g/mol. The van der Waals surface area contributed by atoms with Gasteiger partial charge >= 0.3 is 0 Å². The van der Waals surface area contributed by atoms with Crippen LogP contribution in [0.15, 0.2) is 11.4 Å². The zero-order valence-corrected chi connectivity index (χ0v) is 7.08. The Labute approximate surface area is 68.6 Å². The van der Waals surface area contributed by atoms with Gasteiger partial charge in [-0.25, -0.2) is 0 Å². The van der Waals surface area contributed by atoms with E-state index in [4.69, 9.17) is 11.6 Å². The predicted octanol–water partition coefficient (Wildman–Crippen LogP) is 2.70. The Balaban J connectivity index is 2.92. The fourth-order valence-corrected chi connectivity index (χ4v) is 1.94. The number of thiophene rings is 1. The molecule has 0 aliphatic carbocycles. The zero-order valence-electron chi connectivity index (χ0n) is 5.50. The van der Waals surface area contributed by atoms with Gasteiger partial charge in [-0.2, -0.15) is 0 Å². The molecule has 1 unspecified atom stereocenters. The fraction of sp³-hybridized carbons (Fsp3) is 0.286. The Kier molecular flexibility index (Phi) is 2.46. The van der Waals surface area contributed by atoms with E-state index in [1.54, 1.807) is 0 Å². The number of carbonyl (C=O) groups is 1. The number of aldehydes is 1. The third-order valence-electron chi connectivity index (χ3n) is 1.26. The molecule has 0 fully saturated rings. The topological polar surface area (TPSA) is 17.1 Å². The minimum atomic E-state index is -0.0625. The second-order valence-electron chi connectivity index (χ2n) is 2.06. The Morgan fingerprint density at radius 1 is 1.80 bits per heavy atom. The van der Waals surface area contributed by atoms with Gasteiger partial charge in [-0.05, 0) is 11.4 Å². The molecule has 54 valence electrons. The lowest BCUT2D eigenvalue weighted by molar-refractivity contribution is -0.108. The van der Waals surface area contributed by atoms with E-state index in [0.717, 1.165) is 11.2 Å². The van der Waals surface area contributed by atoms with Crippen LogP contribution >= 0.6 is 22.9 Å². The Morgan fingerprint density at radius 2 is 2.50 bits per heavy atom. The molecule has 0 aromatic carbocycles. The van der Waals surface area contributed by atoms with Crippen molar-refractivity contribution in [1.82, 2.24) is 0 Å². The fourth-order valence-electron chi connectivity index (χ4n) is 0.692. The van der Waals surface area contributed by atoms with Crippen molar-refractivity contribution >= 4 is 29.2 Å². The monoisotopic (exact) mass is 174 g/mol. The van der Waals surface area contributed by atoms with Gasteiger partial charge in [-0.1, -0.05) is 18.5 Å². The smallest absolute Gasteiger partial charge is 0.128 e. The van der Waals surface area contributed by atoms with E-state index >= 15 is 0 Å². The Morgan fingerprint density at radius 3 is 2.90 bits per heavy atom. The van der Waals surface area contributed by atoms with Gasteiger partial charge in [0.25, 0.3) is 0 Å². The first-order valence-corrected chi connectivity index (χ1v) is 4.19. The van der Waals surface area contributed by atoms with Crippen LogP contribution in [0.3, 0.4) is 0 Å². The average Bonchev–Trinajstić information content (AvgIpc) is 2.34. The molecular formula is C7H7ClOS. The van der Waals surface area contributed by atoms with Gasteiger partial charge in [0.1, 0.15) is 6.29 Å². The number of hydrogen-bond donors (Lipinski definition) is 0. The number of hydrogen-bond acceptors (Lipinski definition) is 2. The van der Waals surface area contributed by atoms with E-state index in [9.17, 15) is 4.79 Å². The SMILES string of the molecule is CC(C=O)c1sccc1Cl. The normalized spacial score (nSPS) is 13.0. The molecule has 3 heteroatoms. The molecule has 1 aromatic rings. The van der Waals surface area contributed by atoms with E-state index in [0.29, 0.717) is 5.02 Å². The third-order valence-corrected chi connectivity index (χ3v) is 2.82. The van der Waals surface area contributed by atoms with Crippen LogP contribution in [-0.2, 0) is 4.79 Å². The molecule has 10 heavy (non-hydrogen) atoms. The highest BCUT2D eigenvalue weighted by atomic mass is 35.5. The molecule has 0 spiro atoms. The summed E-state index contributed by atoms with van der Waals surface area (Å²) in [6.07, 6.45) is 0.901. The lowest BCUT2D eigenvalue weighted by Gasteiger charge is -1.97. The molecule has 1 rings (SSSR count). The van der Waals surface area contributed by atoms with Crippen LogP contribution < -0.4 is 0 Å². The summed E-state index contributed by atoms with van der Waals surface area (Å²) >= 11 is 7.28. The quantitative estimate of drug-likeness (QED) is 0.631. The largest absolute Gasteiger partial charge is 0.303 e. The minimum absolute atomic E-state index is 0.0625. The van der Waals surface area contributed by atoms with Crippen LogP contribution in [0.2, 0.25) is 5.02 Å². The highest BCUT2D eigenvalue weighted by Gasteiger charge is 2.08. The Hall–Kier alpha value is -0.340. The highest BCUT2D eigenvalue weighted by Crippen LogP contribution is 2.28. The van der Waals surface area contributed by atoms with Crippen LogP contribution in [0.5, 0.6) is 0 Å². The summed E-state index contributed by atoms with van der Waals surface area (Å²) in [5.74, 6) is -0.0625. The standard InChI is InChI=1S/C7H7ClOS/c1-5(4-9)7-6(8)2-3-10-7/h2-5H,1H3. The van der Waals surface area contributed by atoms with Crippen molar-refractivity contribution in [3.05, 3.63) is 21.3 Å². The minimum Gasteiger partial charge on any atom is -0.303 e. The van der Waals surface area contributed by atoms with Crippen molar-refractivity contribution in [2.45, 2.75) is 12.8 Å². The molecule has 1 heterocycles. The van der Waals surface area contributed by atoms with Crippen molar-refractivity contribution in [1.29, 1.82) is 0 Å². The van der Waals surface area contributed by atoms with Gasteiger partial charge in [0.05, 0.1) is 5.02 Å². The first-order valence-electron chi connectivity index (χ1n) is 2.94. The van der Waals surface area contributed by atoms with E-state index in [1.807, 2.05) is 18.4 Å². The molecule has 0 amide bonds. The second-order valence-corrected chi connectivity index (χ2v) is 3.41. The van der Waals surface area contributed by atoms with Crippen molar-refractivity contribution in [2.24, 2.45) is 0 Å². The maximum absolute atomic E-state index is 10.3. The van der Waals surface area contributed by atoms with E-state index in [2.05, 4.69) is 0 Å². The van der Waals surface area contributed by atoms with Crippen LogP contribution in [0.1, 0.15) is 17.7 Å². The van der Waals surface area contributed by atoms with Gasteiger partial charge in [0.15, 0.2) is 0 Å². The summed E-state index contributed by atoms with van der Waals surface area (Å²) in [6.45, 7) is 1.84. The van der Waals surface area contributed by atoms with Crippen molar-refractivity contribution < 1.29 is 4.79 Å². The number of halogens is 1. The average molecular weight is 175 g/mol. The zero-order chi connectivity index (χ0) is 7.56. The van der Waals surface area contributed by atoms with Gasteiger partial charge in [0, 0.05) is 10.8 Å². The van der Waals surface area contributed by atoms with E-state index in [1.165, 1.54) is 11.3 Å². The molecule has 0 radical (unpaired) electrons. The molecule has 0 saturated heterocycles. The summed E-state index contributed by atoms with van der Waals surface area (Å²) in [6, 6.07) is 1.81. The molecule has 0 saturated carbocycles. The lowest BCUT2D eigenvalue weighted by atomic mass is 10.2. The van der Waals surface area contributed by atoms with Gasteiger partial charge < -0.3 is 4.79 Å². The molecule has 1 aromatic heterocycles. The molecule has 1 atom stereocenters. The third kappa shape index (κ3) is 1.39. The first-order chi connectivity index (χ1) is 4.75. The summed E-state index contributed by atoms with van der Waals surface area (Å²) in [5.41, 5.74) is 0. The van der Waals surface area contributed by atoms with Gasteiger partial charge in [-0.15, -0.1) is 11.3 Å². The lowest BCUT2D eigenvalue weighted by Crippen LogP contribution is -1.89. The molecule has 0 bridgehead atoms. The van der Waals surface area contributed by atoms with Gasteiger partial charge in [0.2, 0.25) is 0 Å².